The maximum atomic E-state index is 13.2. The quantitative estimate of drug-likeness (QED) is 0.508. The highest BCUT2D eigenvalue weighted by molar-refractivity contribution is 7.99. The summed E-state index contributed by atoms with van der Waals surface area (Å²) in [6, 6.07) is 4.13. The topological polar surface area (TPSA) is 61.4 Å². The first kappa shape index (κ1) is 16.5. The molecule has 0 unspecified atom stereocenters. The van der Waals surface area contributed by atoms with E-state index in [2.05, 4.69) is 17.2 Å². The number of nitrogens with one attached hydrogen (secondary N) is 2. The molecule has 110 valence electrons. The molecule has 0 saturated carbocycles. The third-order valence-corrected chi connectivity index (χ3v) is 3.47. The maximum absolute atomic E-state index is 13.2. The van der Waals surface area contributed by atoms with E-state index in [1.54, 1.807) is 17.8 Å². The molecule has 3 N–H and O–H groups in total. The van der Waals surface area contributed by atoms with Gasteiger partial charge in [-0.1, -0.05) is 12.1 Å². The van der Waals surface area contributed by atoms with Crippen molar-refractivity contribution in [3.8, 4) is 0 Å². The summed E-state index contributed by atoms with van der Waals surface area (Å²) in [5.41, 5.74) is 0.970. The number of amides is 2. The molecule has 1 aromatic rings. The highest BCUT2D eigenvalue weighted by atomic mass is 32.2. The molecule has 1 rings (SSSR count). The SMILES string of the molecule is C=CCSCCNC(=O)NCc1ccc(F)c(CO)c1. The average Bonchev–Trinajstić information content (AvgIpc) is 2.46. The Bertz CT molecular complexity index is 455. The lowest BCUT2D eigenvalue weighted by Crippen LogP contribution is -2.36. The van der Waals surface area contributed by atoms with E-state index in [0.717, 1.165) is 17.1 Å². The van der Waals surface area contributed by atoms with Gasteiger partial charge in [0.15, 0.2) is 0 Å². The summed E-state index contributed by atoms with van der Waals surface area (Å²) in [6.07, 6.45) is 1.82. The van der Waals surface area contributed by atoms with E-state index in [0.29, 0.717) is 13.1 Å². The van der Waals surface area contributed by atoms with Crippen LogP contribution in [0.2, 0.25) is 0 Å². The zero-order chi connectivity index (χ0) is 14.8. The minimum absolute atomic E-state index is 0.227. The molecule has 0 heterocycles. The van der Waals surface area contributed by atoms with Crippen molar-refractivity contribution in [2.24, 2.45) is 0 Å². The summed E-state index contributed by atoms with van der Waals surface area (Å²) in [6.45, 7) is 4.13. The van der Waals surface area contributed by atoms with E-state index in [-0.39, 0.29) is 18.2 Å². The molecule has 0 atom stereocenters. The molecular formula is C14H19FN2O2S. The molecule has 0 aliphatic heterocycles. The Labute approximate surface area is 122 Å². The zero-order valence-electron chi connectivity index (χ0n) is 11.2. The second-order valence-corrected chi connectivity index (χ2v) is 5.21. The summed E-state index contributed by atoms with van der Waals surface area (Å²) in [5.74, 6) is 1.24. The van der Waals surface area contributed by atoms with Crippen LogP contribution in [0.4, 0.5) is 9.18 Å². The van der Waals surface area contributed by atoms with Crippen molar-refractivity contribution >= 4 is 17.8 Å². The van der Waals surface area contributed by atoms with Crippen LogP contribution in [0.25, 0.3) is 0 Å². The number of hydrogen-bond acceptors (Lipinski definition) is 3. The Morgan fingerprint density at radius 3 is 2.95 bits per heavy atom. The van der Waals surface area contributed by atoms with Gasteiger partial charge in [-0.3, -0.25) is 0 Å². The molecule has 0 aliphatic rings. The van der Waals surface area contributed by atoms with Gasteiger partial charge in [0, 0.05) is 30.2 Å². The number of hydrogen-bond donors (Lipinski definition) is 3. The smallest absolute Gasteiger partial charge is 0.315 e. The number of carbonyl (C=O) groups excluding carboxylic acids is 1. The highest BCUT2D eigenvalue weighted by Gasteiger charge is 2.04. The van der Waals surface area contributed by atoms with Crippen molar-refractivity contribution in [3.63, 3.8) is 0 Å². The Morgan fingerprint density at radius 1 is 1.45 bits per heavy atom. The van der Waals surface area contributed by atoms with Gasteiger partial charge >= 0.3 is 6.03 Å². The number of aliphatic hydroxyl groups is 1. The summed E-state index contributed by atoms with van der Waals surface area (Å²) in [7, 11) is 0. The molecular weight excluding hydrogens is 279 g/mol. The third-order valence-electron chi connectivity index (χ3n) is 2.50. The largest absolute Gasteiger partial charge is 0.392 e. The number of urea groups is 1. The maximum Gasteiger partial charge on any atom is 0.315 e. The summed E-state index contributed by atoms with van der Waals surface area (Å²) >= 11 is 1.69. The first-order valence-electron chi connectivity index (χ1n) is 6.26. The number of benzene rings is 1. The Hall–Kier alpha value is -1.53. The predicted octanol–water partition coefficient (Wildman–Crippen LogP) is 2.04. The molecule has 0 bridgehead atoms. The summed E-state index contributed by atoms with van der Waals surface area (Å²) < 4.78 is 13.2. The van der Waals surface area contributed by atoms with E-state index in [1.807, 2.05) is 6.08 Å². The van der Waals surface area contributed by atoms with Gasteiger partial charge in [-0.25, -0.2) is 9.18 Å². The predicted molar refractivity (Wildman–Crippen MR) is 80.1 cm³/mol. The number of halogens is 1. The van der Waals surface area contributed by atoms with Gasteiger partial charge in [-0.05, 0) is 17.7 Å². The monoisotopic (exact) mass is 298 g/mol. The van der Waals surface area contributed by atoms with Crippen LogP contribution < -0.4 is 10.6 Å². The first-order valence-corrected chi connectivity index (χ1v) is 7.41. The summed E-state index contributed by atoms with van der Waals surface area (Å²) in [4.78, 5) is 11.5. The lowest BCUT2D eigenvalue weighted by molar-refractivity contribution is 0.241. The van der Waals surface area contributed by atoms with Crippen molar-refractivity contribution in [3.05, 3.63) is 47.8 Å². The van der Waals surface area contributed by atoms with E-state index < -0.39 is 5.82 Å². The third kappa shape index (κ3) is 6.08. The van der Waals surface area contributed by atoms with Gasteiger partial charge in [-0.2, -0.15) is 11.8 Å². The van der Waals surface area contributed by atoms with Gasteiger partial charge in [0.1, 0.15) is 5.82 Å². The Morgan fingerprint density at radius 2 is 2.25 bits per heavy atom. The van der Waals surface area contributed by atoms with Crippen LogP contribution in [0.1, 0.15) is 11.1 Å². The molecule has 0 aliphatic carbocycles. The van der Waals surface area contributed by atoms with Crippen molar-refractivity contribution in [1.82, 2.24) is 10.6 Å². The van der Waals surface area contributed by atoms with Crippen LogP contribution >= 0.6 is 11.8 Å². The molecule has 2 amide bonds. The Kier molecular flexibility index (Phi) is 7.75. The van der Waals surface area contributed by atoms with E-state index >= 15 is 0 Å². The number of thioether (sulfide) groups is 1. The van der Waals surface area contributed by atoms with Gasteiger partial charge in [-0.15, -0.1) is 6.58 Å². The molecule has 20 heavy (non-hydrogen) atoms. The highest BCUT2D eigenvalue weighted by Crippen LogP contribution is 2.10. The van der Waals surface area contributed by atoms with Crippen LogP contribution in [-0.2, 0) is 13.2 Å². The van der Waals surface area contributed by atoms with Crippen molar-refractivity contribution in [2.45, 2.75) is 13.2 Å². The molecule has 0 fully saturated rings. The van der Waals surface area contributed by atoms with Crippen molar-refractivity contribution in [1.29, 1.82) is 0 Å². The normalized spacial score (nSPS) is 10.1. The van der Waals surface area contributed by atoms with Gasteiger partial charge in [0.25, 0.3) is 0 Å². The van der Waals surface area contributed by atoms with Crippen LogP contribution in [-0.4, -0.2) is 29.2 Å². The van der Waals surface area contributed by atoms with Crippen LogP contribution in [0.5, 0.6) is 0 Å². The van der Waals surface area contributed by atoms with E-state index in [1.165, 1.54) is 12.1 Å². The van der Waals surface area contributed by atoms with E-state index in [9.17, 15) is 9.18 Å². The zero-order valence-corrected chi connectivity index (χ0v) is 12.0. The van der Waals surface area contributed by atoms with Crippen LogP contribution in [0, 0.1) is 5.82 Å². The van der Waals surface area contributed by atoms with Crippen molar-refractivity contribution < 1.29 is 14.3 Å². The molecule has 6 heteroatoms. The van der Waals surface area contributed by atoms with Gasteiger partial charge < -0.3 is 15.7 Å². The first-order chi connectivity index (χ1) is 9.67. The van der Waals surface area contributed by atoms with Gasteiger partial charge in [0.05, 0.1) is 6.61 Å². The van der Waals surface area contributed by atoms with Crippen LogP contribution in [0.15, 0.2) is 30.9 Å². The number of rotatable bonds is 8. The fraction of sp³-hybridized carbons (Fsp3) is 0.357. The molecule has 0 radical (unpaired) electrons. The standard InChI is InChI=1S/C14H19FN2O2S/c1-2-6-20-7-5-16-14(19)17-9-11-3-4-13(15)12(8-11)10-18/h2-4,8,18H,1,5-7,9-10H2,(H2,16,17,19). The van der Waals surface area contributed by atoms with Gasteiger partial charge in [0.2, 0.25) is 0 Å². The number of aliphatic hydroxyl groups excluding tert-OH is 1. The summed E-state index contributed by atoms with van der Waals surface area (Å²) in [5, 5.41) is 14.4. The Balaban J connectivity index is 2.28. The van der Waals surface area contributed by atoms with Crippen LogP contribution in [0.3, 0.4) is 0 Å². The number of carbonyl (C=O) groups is 1. The fourth-order valence-electron chi connectivity index (χ4n) is 1.51. The molecule has 4 nitrogen and oxygen atoms in total. The molecule has 0 spiro atoms. The fourth-order valence-corrected chi connectivity index (χ4v) is 2.09. The molecule has 1 aromatic carbocycles. The van der Waals surface area contributed by atoms with Crippen molar-refractivity contribution in [2.75, 3.05) is 18.1 Å². The molecule has 0 aromatic heterocycles. The minimum Gasteiger partial charge on any atom is -0.392 e. The lowest BCUT2D eigenvalue weighted by atomic mass is 10.1. The minimum atomic E-state index is -0.444. The molecule has 0 saturated heterocycles. The second-order valence-electron chi connectivity index (χ2n) is 4.06. The van der Waals surface area contributed by atoms with E-state index in [4.69, 9.17) is 5.11 Å². The average molecular weight is 298 g/mol. The lowest BCUT2D eigenvalue weighted by Gasteiger charge is -2.08. The second kappa shape index (κ2) is 9.39.